The smallest absolute Gasteiger partial charge is 0.195 e. The fourth-order valence-corrected chi connectivity index (χ4v) is 3.99. The number of hydrogen-bond acceptors (Lipinski definition) is 3. The molecule has 0 saturated carbocycles. The number of halogens is 1. The quantitative estimate of drug-likeness (QED) is 0.726. The average molecular weight is 331 g/mol. The van der Waals surface area contributed by atoms with Gasteiger partial charge in [-0.2, -0.15) is 0 Å². The van der Waals surface area contributed by atoms with Gasteiger partial charge in [-0.1, -0.05) is 50.6 Å². The van der Waals surface area contributed by atoms with Crippen molar-refractivity contribution in [2.45, 2.75) is 58.9 Å². The molecule has 2 heterocycles. The van der Waals surface area contributed by atoms with Gasteiger partial charge in [0.1, 0.15) is 5.15 Å². The van der Waals surface area contributed by atoms with Crippen molar-refractivity contribution >= 4 is 36.2 Å². The van der Waals surface area contributed by atoms with Crippen molar-refractivity contribution < 1.29 is 4.43 Å². The van der Waals surface area contributed by atoms with Crippen LogP contribution in [0.15, 0.2) is 6.20 Å². The van der Waals surface area contributed by atoms with Crippen LogP contribution in [0.3, 0.4) is 0 Å². The van der Waals surface area contributed by atoms with E-state index in [1.165, 1.54) is 4.88 Å². The standard InChI is InChI=1S/C14H23ClN2OSSi/c1-7-11-12(15)17-8-10(19-13(17)16-11)9-18-20(5,6)14(2,3)4/h8H,7,9H2,1-6H3. The number of rotatable bonds is 4. The second-order valence-electron chi connectivity index (χ2n) is 6.60. The first-order valence-corrected chi connectivity index (χ1v) is 11.0. The van der Waals surface area contributed by atoms with Crippen molar-refractivity contribution in [1.29, 1.82) is 0 Å². The van der Waals surface area contributed by atoms with Crippen molar-refractivity contribution in [2.75, 3.05) is 0 Å². The number of imidazole rings is 1. The molecule has 0 aliphatic heterocycles. The number of aromatic nitrogens is 2. The largest absolute Gasteiger partial charge is 0.412 e. The Balaban J connectivity index is 2.16. The first kappa shape index (κ1) is 16.0. The molecule has 0 amide bonds. The van der Waals surface area contributed by atoms with Gasteiger partial charge in [0.2, 0.25) is 0 Å². The molecule has 0 N–H and O–H groups in total. The minimum atomic E-state index is -1.70. The van der Waals surface area contributed by atoms with Crippen LogP contribution in [0.25, 0.3) is 4.96 Å². The van der Waals surface area contributed by atoms with Gasteiger partial charge in [0.25, 0.3) is 0 Å². The maximum Gasteiger partial charge on any atom is 0.195 e. The third kappa shape index (κ3) is 2.96. The fraction of sp³-hybridized carbons (Fsp3) is 0.643. The van der Waals surface area contributed by atoms with E-state index in [0.29, 0.717) is 6.61 Å². The third-order valence-electron chi connectivity index (χ3n) is 4.10. The van der Waals surface area contributed by atoms with Gasteiger partial charge in [0.05, 0.1) is 12.3 Å². The zero-order valence-corrected chi connectivity index (χ0v) is 15.7. The van der Waals surface area contributed by atoms with E-state index in [4.69, 9.17) is 16.0 Å². The molecule has 0 aliphatic rings. The van der Waals surface area contributed by atoms with E-state index in [9.17, 15) is 0 Å². The highest BCUT2D eigenvalue weighted by atomic mass is 35.5. The maximum absolute atomic E-state index is 6.31. The molecule has 0 aromatic carbocycles. The van der Waals surface area contributed by atoms with Crippen molar-refractivity contribution in [3.63, 3.8) is 0 Å². The van der Waals surface area contributed by atoms with Gasteiger partial charge in [-0.15, -0.1) is 0 Å². The van der Waals surface area contributed by atoms with Crippen LogP contribution in [0.5, 0.6) is 0 Å². The van der Waals surface area contributed by atoms with Crippen LogP contribution in [0.2, 0.25) is 23.3 Å². The molecule has 0 spiro atoms. The van der Waals surface area contributed by atoms with Crippen LogP contribution < -0.4 is 0 Å². The van der Waals surface area contributed by atoms with Crippen LogP contribution in [-0.4, -0.2) is 17.7 Å². The lowest BCUT2D eigenvalue weighted by Crippen LogP contribution is -2.40. The molecule has 2 aromatic rings. The van der Waals surface area contributed by atoms with E-state index in [0.717, 1.165) is 22.2 Å². The predicted molar refractivity (Wildman–Crippen MR) is 89.4 cm³/mol. The predicted octanol–water partition coefficient (Wildman–Crippen LogP) is 5.13. The molecule has 0 atom stereocenters. The van der Waals surface area contributed by atoms with E-state index in [1.807, 2.05) is 4.40 Å². The van der Waals surface area contributed by atoms with E-state index >= 15 is 0 Å². The van der Waals surface area contributed by atoms with Crippen molar-refractivity contribution in [3.05, 3.63) is 21.9 Å². The summed E-state index contributed by atoms with van der Waals surface area (Å²) in [5, 5.41) is 0.967. The summed E-state index contributed by atoms with van der Waals surface area (Å²) in [4.78, 5) is 6.69. The van der Waals surface area contributed by atoms with Gasteiger partial charge in [0, 0.05) is 11.1 Å². The Morgan fingerprint density at radius 2 is 2.05 bits per heavy atom. The van der Waals surface area contributed by atoms with Crippen LogP contribution >= 0.6 is 22.9 Å². The Hall–Kier alpha value is -0.363. The maximum atomic E-state index is 6.31. The molecule has 0 saturated heterocycles. The van der Waals surface area contributed by atoms with Crippen LogP contribution in [0.1, 0.15) is 38.3 Å². The van der Waals surface area contributed by atoms with E-state index in [1.54, 1.807) is 11.3 Å². The minimum absolute atomic E-state index is 0.234. The Labute approximate surface area is 131 Å². The SMILES string of the molecule is CCc1nc2sc(CO[Si](C)(C)C(C)(C)C)cn2c1Cl. The van der Waals surface area contributed by atoms with Crippen molar-refractivity contribution in [1.82, 2.24) is 9.38 Å². The first-order valence-electron chi connectivity index (χ1n) is 6.95. The summed E-state index contributed by atoms with van der Waals surface area (Å²) in [6, 6.07) is 0. The van der Waals surface area contributed by atoms with E-state index in [2.05, 4.69) is 52.0 Å². The number of thiazole rings is 1. The Bertz CT molecular complexity index is 612. The highest BCUT2D eigenvalue weighted by Crippen LogP contribution is 2.37. The molecule has 0 radical (unpaired) electrons. The molecule has 0 unspecified atom stereocenters. The fourth-order valence-electron chi connectivity index (χ4n) is 1.67. The average Bonchev–Trinajstić information content (AvgIpc) is 2.85. The van der Waals surface area contributed by atoms with E-state index in [-0.39, 0.29) is 5.04 Å². The van der Waals surface area contributed by atoms with Crippen molar-refractivity contribution in [3.8, 4) is 0 Å². The molecule has 6 heteroatoms. The lowest BCUT2D eigenvalue weighted by Gasteiger charge is -2.35. The second-order valence-corrected chi connectivity index (χ2v) is 12.9. The summed E-state index contributed by atoms with van der Waals surface area (Å²) in [5.41, 5.74) is 0.967. The molecule has 20 heavy (non-hydrogen) atoms. The monoisotopic (exact) mass is 330 g/mol. The molecule has 112 valence electrons. The summed E-state index contributed by atoms with van der Waals surface area (Å²) < 4.78 is 8.21. The summed E-state index contributed by atoms with van der Waals surface area (Å²) in [6.07, 6.45) is 2.92. The highest BCUT2D eigenvalue weighted by Gasteiger charge is 2.37. The Morgan fingerprint density at radius 3 is 2.55 bits per heavy atom. The van der Waals surface area contributed by atoms with Crippen LogP contribution in [-0.2, 0) is 17.5 Å². The van der Waals surface area contributed by atoms with Gasteiger partial charge in [-0.25, -0.2) is 4.98 Å². The van der Waals surface area contributed by atoms with Gasteiger partial charge in [-0.3, -0.25) is 4.40 Å². The minimum Gasteiger partial charge on any atom is -0.412 e. The zero-order chi connectivity index (χ0) is 15.1. The van der Waals surface area contributed by atoms with Gasteiger partial charge >= 0.3 is 0 Å². The molecule has 0 aliphatic carbocycles. The van der Waals surface area contributed by atoms with E-state index < -0.39 is 8.32 Å². The third-order valence-corrected chi connectivity index (χ3v) is 9.93. The molecule has 0 fully saturated rings. The number of hydrogen-bond donors (Lipinski definition) is 0. The number of nitrogens with zero attached hydrogens (tertiary/aromatic N) is 2. The van der Waals surface area contributed by atoms with Gasteiger partial charge in [-0.05, 0) is 24.6 Å². The van der Waals surface area contributed by atoms with Crippen LogP contribution in [0, 0.1) is 0 Å². The molecular formula is C14H23ClN2OSSi. The van der Waals surface area contributed by atoms with Gasteiger partial charge < -0.3 is 4.43 Å². The second kappa shape index (κ2) is 5.44. The molecular weight excluding hydrogens is 308 g/mol. The topological polar surface area (TPSA) is 26.5 Å². The summed E-state index contributed by atoms with van der Waals surface area (Å²) in [5.74, 6) is 0. The molecule has 3 nitrogen and oxygen atoms in total. The number of aryl methyl sites for hydroxylation is 1. The van der Waals surface area contributed by atoms with Crippen molar-refractivity contribution in [2.24, 2.45) is 0 Å². The summed E-state index contributed by atoms with van der Waals surface area (Å²) in [7, 11) is -1.70. The normalized spacial score (nSPS) is 13.3. The summed E-state index contributed by atoms with van der Waals surface area (Å²) >= 11 is 7.97. The highest BCUT2D eigenvalue weighted by molar-refractivity contribution is 7.17. The Kier molecular flexibility index (Phi) is 4.36. The first-order chi connectivity index (χ1) is 9.15. The lowest BCUT2D eigenvalue weighted by atomic mass is 10.2. The molecule has 2 aromatic heterocycles. The van der Waals surface area contributed by atoms with Crippen LogP contribution in [0.4, 0.5) is 0 Å². The lowest BCUT2D eigenvalue weighted by molar-refractivity contribution is 0.279. The zero-order valence-electron chi connectivity index (χ0n) is 13.1. The summed E-state index contributed by atoms with van der Waals surface area (Å²) in [6.45, 7) is 14.0. The van der Waals surface area contributed by atoms with Gasteiger partial charge in [0.15, 0.2) is 13.3 Å². The Morgan fingerprint density at radius 1 is 1.40 bits per heavy atom. The molecule has 2 rings (SSSR count). The number of fused-ring (bicyclic) bond motifs is 1. The molecule has 0 bridgehead atoms.